The molecule has 0 saturated heterocycles. The molecule has 2 aromatic rings. The van der Waals surface area contributed by atoms with Crippen LogP contribution in [0.15, 0.2) is 42.5 Å². The van der Waals surface area contributed by atoms with E-state index in [9.17, 15) is 4.39 Å². The zero-order valence-electron chi connectivity index (χ0n) is 11.1. The number of rotatable bonds is 5. The summed E-state index contributed by atoms with van der Waals surface area (Å²) < 4.78 is 14.2. The van der Waals surface area contributed by atoms with E-state index in [1.807, 2.05) is 0 Å². The molecule has 2 rings (SSSR count). The largest absolute Gasteiger partial charge is 0.207 e. The van der Waals surface area contributed by atoms with Crippen molar-refractivity contribution in [3.05, 3.63) is 69.5 Å². The highest BCUT2D eigenvalue weighted by molar-refractivity contribution is 6.33. The zero-order valence-corrected chi connectivity index (χ0v) is 14.1. The summed E-state index contributed by atoms with van der Waals surface area (Å²) in [5, 5.41) is 1.14. The number of halogens is 5. The Labute approximate surface area is 143 Å². The van der Waals surface area contributed by atoms with E-state index in [4.69, 9.17) is 46.4 Å². The van der Waals surface area contributed by atoms with Gasteiger partial charge in [-0.1, -0.05) is 41.4 Å². The van der Waals surface area contributed by atoms with Gasteiger partial charge in [-0.3, -0.25) is 0 Å². The van der Waals surface area contributed by atoms with Crippen LogP contribution in [0.3, 0.4) is 0 Å². The number of hydrogen-bond donors (Lipinski definition) is 0. The van der Waals surface area contributed by atoms with Crippen LogP contribution in [0.2, 0.25) is 10.0 Å². The molecule has 0 heterocycles. The van der Waals surface area contributed by atoms with Gasteiger partial charge >= 0.3 is 0 Å². The van der Waals surface area contributed by atoms with Crippen molar-refractivity contribution in [3.8, 4) is 0 Å². The number of alkyl halides is 2. The Kier molecular flexibility index (Phi) is 5.79. The van der Waals surface area contributed by atoms with Gasteiger partial charge in [0.1, 0.15) is 5.82 Å². The molecule has 0 atom stereocenters. The van der Waals surface area contributed by atoms with Crippen molar-refractivity contribution >= 4 is 46.4 Å². The first kappa shape index (κ1) is 16.9. The van der Waals surface area contributed by atoms with Gasteiger partial charge in [-0.2, -0.15) is 0 Å². The maximum Gasteiger partial charge on any atom is 0.127 e. The van der Waals surface area contributed by atoms with Gasteiger partial charge in [0.05, 0.1) is 0 Å². The summed E-state index contributed by atoms with van der Waals surface area (Å²) in [4.78, 5) is 0. The first-order valence-electron chi connectivity index (χ1n) is 6.33. The van der Waals surface area contributed by atoms with E-state index in [0.29, 0.717) is 22.0 Å². The van der Waals surface area contributed by atoms with Crippen molar-refractivity contribution < 1.29 is 4.39 Å². The van der Waals surface area contributed by atoms with Crippen LogP contribution in [0.25, 0.3) is 0 Å². The molecule has 0 unspecified atom stereocenters. The van der Waals surface area contributed by atoms with Crippen molar-refractivity contribution in [1.82, 2.24) is 0 Å². The summed E-state index contributed by atoms with van der Waals surface area (Å²) >= 11 is 24.5. The minimum Gasteiger partial charge on any atom is -0.207 e. The molecule has 0 aliphatic heterocycles. The molecule has 0 nitrogen and oxygen atoms in total. The average Bonchev–Trinajstić information content (AvgIpc) is 2.49. The number of benzene rings is 2. The highest BCUT2D eigenvalue weighted by atomic mass is 35.5. The van der Waals surface area contributed by atoms with Crippen LogP contribution >= 0.6 is 46.4 Å². The van der Waals surface area contributed by atoms with Crippen molar-refractivity contribution in [2.45, 2.75) is 11.8 Å². The Hall–Kier alpha value is -0.470. The summed E-state index contributed by atoms with van der Waals surface area (Å²) in [5.41, 5.74) is 0.558. The van der Waals surface area contributed by atoms with Crippen LogP contribution < -0.4 is 0 Å². The maximum atomic E-state index is 14.2. The Morgan fingerprint density at radius 1 is 0.952 bits per heavy atom. The van der Waals surface area contributed by atoms with Crippen LogP contribution in [0.4, 0.5) is 4.39 Å². The molecule has 112 valence electrons. The van der Waals surface area contributed by atoms with Gasteiger partial charge in [0.15, 0.2) is 0 Å². The third-order valence-electron chi connectivity index (χ3n) is 3.49. The summed E-state index contributed by atoms with van der Waals surface area (Å²) in [5.74, 6) is 0.0394. The molecule has 5 heteroatoms. The Balaban J connectivity index is 2.48. The highest BCUT2D eigenvalue weighted by Gasteiger charge is 2.34. The molecule has 0 radical (unpaired) electrons. The van der Waals surface area contributed by atoms with E-state index in [2.05, 4.69) is 0 Å². The highest BCUT2D eigenvalue weighted by Crippen LogP contribution is 2.35. The Bertz CT molecular complexity index is 623. The normalized spacial score (nSPS) is 11.7. The van der Waals surface area contributed by atoms with Crippen molar-refractivity contribution in [3.63, 3.8) is 0 Å². The topological polar surface area (TPSA) is 0 Å². The van der Waals surface area contributed by atoms with E-state index in [1.54, 1.807) is 36.4 Å². The zero-order chi connectivity index (χ0) is 15.5. The Morgan fingerprint density at radius 3 is 2.24 bits per heavy atom. The van der Waals surface area contributed by atoms with Crippen molar-refractivity contribution in [2.75, 3.05) is 11.8 Å². The van der Waals surface area contributed by atoms with Crippen molar-refractivity contribution in [2.24, 2.45) is 0 Å². The predicted octanol–water partition coefficient (Wildman–Crippen LogP) is 6.09. The molecule has 0 amide bonds. The standard InChI is InChI=1S/C16H13Cl4F/c17-9-16(10-18,13-3-1-2-4-15(13)21)8-11-7-12(19)5-6-14(11)20/h1-7H,8-10H2. The maximum absolute atomic E-state index is 14.2. The fourth-order valence-electron chi connectivity index (χ4n) is 2.30. The van der Waals surface area contributed by atoms with Crippen LogP contribution in [0.1, 0.15) is 11.1 Å². The molecule has 0 aliphatic rings. The monoisotopic (exact) mass is 364 g/mol. The molecule has 21 heavy (non-hydrogen) atoms. The van der Waals surface area contributed by atoms with Gasteiger partial charge in [0.25, 0.3) is 0 Å². The minimum atomic E-state index is -0.733. The predicted molar refractivity (Wildman–Crippen MR) is 89.7 cm³/mol. The van der Waals surface area contributed by atoms with Crippen LogP contribution in [0.5, 0.6) is 0 Å². The molecule has 0 aliphatic carbocycles. The third-order valence-corrected chi connectivity index (χ3v) is 5.12. The van der Waals surface area contributed by atoms with E-state index >= 15 is 0 Å². The minimum absolute atomic E-state index is 0.181. The second-order valence-electron chi connectivity index (χ2n) is 4.94. The van der Waals surface area contributed by atoms with E-state index in [0.717, 1.165) is 5.56 Å². The molecule has 0 spiro atoms. The lowest BCUT2D eigenvalue weighted by Crippen LogP contribution is -2.34. The lowest BCUT2D eigenvalue weighted by atomic mass is 9.78. The molecule has 0 bridgehead atoms. The van der Waals surface area contributed by atoms with Crippen molar-refractivity contribution in [1.29, 1.82) is 0 Å². The molecule has 0 N–H and O–H groups in total. The third kappa shape index (κ3) is 3.65. The van der Waals surface area contributed by atoms with E-state index in [1.165, 1.54) is 6.07 Å². The molecule has 0 fully saturated rings. The van der Waals surface area contributed by atoms with E-state index in [-0.39, 0.29) is 17.6 Å². The second-order valence-corrected chi connectivity index (χ2v) is 6.32. The first-order chi connectivity index (χ1) is 10.0. The van der Waals surface area contributed by atoms with Gasteiger partial charge in [-0.15, -0.1) is 23.2 Å². The first-order valence-corrected chi connectivity index (χ1v) is 8.16. The molecular weight excluding hydrogens is 353 g/mol. The summed E-state index contributed by atoms with van der Waals surface area (Å²) in [6, 6.07) is 11.7. The van der Waals surface area contributed by atoms with Gasteiger partial charge < -0.3 is 0 Å². The Morgan fingerprint density at radius 2 is 1.62 bits per heavy atom. The van der Waals surface area contributed by atoms with Crippen LogP contribution in [-0.2, 0) is 11.8 Å². The van der Waals surface area contributed by atoms with Crippen LogP contribution in [0, 0.1) is 5.82 Å². The van der Waals surface area contributed by atoms with Gasteiger partial charge in [-0.05, 0) is 41.8 Å². The summed E-state index contributed by atoms with van der Waals surface area (Å²) in [6.07, 6.45) is 0.417. The molecule has 2 aromatic carbocycles. The molecular formula is C16H13Cl4F. The molecule has 0 saturated carbocycles. The lowest BCUT2D eigenvalue weighted by molar-refractivity contribution is 0.491. The fraction of sp³-hybridized carbons (Fsp3) is 0.250. The van der Waals surface area contributed by atoms with E-state index < -0.39 is 5.41 Å². The molecule has 0 aromatic heterocycles. The lowest BCUT2D eigenvalue weighted by Gasteiger charge is -2.31. The van der Waals surface area contributed by atoms with Crippen LogP contribution in [-0.4, -0.2) is 11.8 Å². The average molecular weight is 366 g/mol. The fourth-order valence-corrected chi connectivity index (χ4v) is 3.45. The van der Waals surface area contributed by atoms with Gasteiger partial charge in [0, 0.05) is 27.2 Å². The SMILES string of the molecule is Fc1ccccc1C(CCl)(CCl)Cc1cc(Cl)ccc1Cl. The van der Waals surface area contributed by atoms with Gasteiger partial charge in [0.2, 0.25) is 0 Å². The smallest absolute Gasteiger partial charge is 0.127 e. The summed E-state index contributed by atoms with van der Waals surface area (Å²) in [7, 11) is 0. The summed E-state index contributed by atoms with van der Waals surface area (Å²) in [6.45, 7) is 0. The van der Waals surface area contributed by atoms with Gasteiger partial charge in [-0.25, -0.2) is 4.39 Å². The second kappa shape index (κ2) is 7.19. The quantitative estimate of drug-likeness (QED) is 0.562. The number of hydrogen-bond acceptors (Lipinski definition) is 0.